The maximum absolute atomic E-state index is 12.3. The Kier molecular flexibility index (Phi) is 7.31. The third-order valence-corrected chi connectivity index (χ3v) is 5.34. The molecule has 0 fully saturated rings. The Morgan fingerprint density at radius 1 is 1.20 bits per heavy atom. The number of carbonyl (C=O) groups excluding carboxylic acids is 1. The van der Waals surface area contributed by atoms with Gasteiger partial charge in [0.2, 0.25) is 5.91 Å². The molecule has 3 aromatic rings. The standard InChI is InChI=1S/C20H19ClN4O4S/c1-2-25-17(11-29-14-6-4-3-5-7-14)23-24-20(25)30-12-18(26)22-16-10-13(19(27)28)8-9-15(16)21/h3-10H,2,11-12H2,1H3,(H,22,26)(H,27,28). The first-order valence-corrected chi connectivity index (χ1v) is 10.4. The van der Waals surface area contributed by atoms with Gasteiger partial charge in [0.1, 0.15) is 12.4 Å². The van der Waals surface area contributed by atoms with E-state index in [1.54, 1.807) is 0 Å². The highest BCUT2D eigenvalue weighted by Crippen LogP contribution is 2.24. The lowest BCUT2D eigenvalue weighted by molar-refractivity contribution is -0.113. The number of halogens is 1. The SMILES string of the molecule is CCn1c(COc2ccccc2)nnc1SCC(=O)Nc1cc(C(=O)O)ccc1Cl. The summed E-state index contributed by atoms with van der Waals surface area (Å²) in [6, 6.07) is 13.5. The molecule has 3 rings (SSSR count). The van der Waals surface area contributed by atoms with Crippen LogP contribution in [0.4, 0.5) is 5.69 Å². The molecule has 0 spiro atoms. The highest BCUT2D eigenvalue weighted by atomic mass is 35.5. The van der Waals surface area contributed by atoms with Crippen LogP contribution < -0.4 is 10.1 Å². The fourth-order valence-corrected chi connectivity index (χ4v) is 3.57. The second-order valence-corrected chi connectivity index (χ2v) is 7.43. The monoisotopic (exact) mass is 446 g/mol. The summed E-state index contributed by atoms with van der Waals surface area (Å²) in [5.74, 6) is 0.0133. The van der Waals surface area contributed by atoms with Crippen LogP contribution in [0.1, 0.15) is 23.1 Å². The van der Waals surface area contributed by atoms with Crippen molar-refractivity contribution in [1.82, 2.24) is 14.8 Å². The van der Waals surface area contributed by atoms with Crippen LogP contribution in [0.3, 0.4) is 0 Å². The summed E-state index contributed by atoms with van der Waals surface area (Å²) in [5, 5.41) is 20.9. The first kappa shape index (κ1) is 21.7. The summed E-state index contributed by atoms with van der Waals surface area (Å²) < 4.78 is 7.60. The number of benzene rings is 2. The molecular weight excluding hydrogens is 428 g/mol. The van der Waals surface area contributed by atoms with Gasteiger partial charge in [-0.1, -0.05) is 41.6 Å². The number of rotatable bonds is 9. The van der Waals surface area contributed by atoms with Crippen LogP contribution in [0.2, 0.25) is 5.02 Å². The molecule has 1 aromatic heterocycles. The first-order valence-electron chi connectivity index (χ1n) is 9.03. The van der Waals surface area contributed by atoms with Crippen molar-refractivity contribution in [3.05, 3.63) is 64.9 Å². The van der Waals surface area contributed by atoms with E-state index in [1.165, 1.54) is 30.0 Å². The highest BCUT2D eigenvalue weighted by molar-refractivity contribution is 7.99. The molecule has 0 aliphatic carbocycles. The van der Waals surface area contributed by atoms with Crippen LogP contribution in [-0.4, -0.2) is 37.5 Å². The van der Waals surface area contributed by atoms with E-state index >= 15 is 0 Å². The van der Waals surface area contributed by atoms with Gasteiger partial charge in [-0.3, -0.25) is 4.79 Å². The van der Waals surface area contributed by atoms with Crippen LogP contribution in [0.5, 0.6) is 5.75 Å². The number of hydrogen-bond acceptors (Lipinski definition) is 6. The Hall–Kier alpha value is -3.04. The average molecular weight is 447 g/mol. The second kappa shape index (κ2) is 10.1. The highest BCUT2D eigenvalue weighted by Gasteiger charge is 2.15. The van der Waals surface area contributed by atoms with Crippen LogP contribution in [0, 0.1) is 0 Å². The van der Waals surface area contributed by atoms with E-state index in [0.717, 1.165) is 5.75 Å². The predicted molar refractivity (Wildman–Crippen MR) is 114 cm³/mol. The molecule has 8 nitrogen and oxygen atoms in total. The largest absolute Gasteiger partial charge is 0.486 e. The zero-order valence-corrected chi connectivity index (χ0v) is 17.6. The number of para-hydroxylation sites is 1. The number of thioether (sulfide) groups is 1. The molecule has 1 heterocycles. The molecule has 0 saturated carbocycles. The molecular formula is C20H19ClN4O4S. The van der Waals surface area contributed by atoms with E-state index < -0.39 is 5.97 Å². The third kappa shape index (κ3) is 5.52. The number of carbonyl (C=O) groups is 2. The molecule has 2 N–H and O–H groups in total. The quantitative estimate of drug-likeness (QED) is 0.479. The average Bonchev–Trinajstić information content (AvgIpc) is 3.14. The molecule has 0 unspecified atom stereocenters. The van der Waals surface area contributed by atoms with E-state index in [4.69, 9.17) is 21.4 Å². The minimum Gasteiger partial charge on any atom is -0.486 e. The number of aromatic carboxylic acids is 1. The summed E-state index contributed by atoms with van der Waals surface area (Å²) in [6.45, 7) is 2.84. The summed E-state index contributed by atoms with van der Waals surface area (Å²) in [7, 11) is 0. The Labute approximate surface area is 182 Å². The lowest BCUT2D eigenvalue weighted by Crippen LogP contribution is -2.15. The van der Waals surface area contributed by atoms with Crippen LogP contribution in [0.15, 0.2) is 53.7 Å². The first-order chi connectivity index (χ1) is 14.5. The van der Waals surface area contributed by atoms with Gasteiger partial charge in [0.05, 0.1) is 22.0 Å². The molecule has 0 saturated heterocycles. The molecule has 0 aliphatic heterocycles. The number of amides is 1. The lowest BCUT2D eigenvalue weighted by atomic mass is 10.2. The maximum Gasteiger partial charge on any atom is 0.335 e. The van der Waals surface area contributed by atoms with Gasteiger partial charge in [0.15, 0.2) is 11.0 Å². The Morgan fingerprint density at radius 2 is 1.97 bits per heavy atom. The molecule has 156 valence electrons. The summed E-state index contributed by atoms with van der Waals surface area (Å²) >= 11 is 7.26. The fraction of sp³-hybridized carbons (Fsp3) is 0.200. The van der Waals surface area contributed by atoms with Gasteiger partial charge in [-0.2, -0.15) is 0 Å². The molecule has 2 aromatic carbocycles. The van der Waals surface area contributed by atoms with Crippen LogP contribution in [-0.2, 0) is 17.9 Å². The summed E-state index contributed by atoms with van der Waals surface area (Å²) in [5.41, 5.74) is 0.284. The van der Waals surface area contributed by atoms with Crippen molar-refractivity contribution in [3.63, 3.8) is 0 Å². The zero-order valence-electron chi connectivity index (χ0n) is 16.0. The predicted octanol–water partition coefficient (Wildman–Crippen LogP) is 3.96. The number of anilines is 1. The number of ether oxygens (including phenoxy) is 1. The molecule has 1 amide bonds. The van der Waals surface area contributed by atoms with Gasteiger partial charge in [-0.05, 0) is 37.3 Å². The van der Waals surface area contributed by atoms with Crippen molar-refractivity contribution >= 4 is 40.9 Å². The smallest absolute Gasteiger partial charge is 0.335 e. The van der Waals surface area contributed by atoms with E-state index in [2.05, 4.69) is 15.5 Å². The number of nitrogens with zero attached hydrogens (tertiary/aromatic N) is 3. The Morgan fingerprint density at radius 3 is 2.67 bits per heavy atom. The van der Waals surface area contributed by atoms with Crippen molar-refractivity contribution in [2.45, 2.75) is 25.2 Å². The molecule has 0 aliphatic rings. The van der Waals surface area contributed by atoms with Crippen molar-refractivity contribution in [2.75, 3.05) is 11.1 Å². The molecule has 30 heavy (non-hydrogen) atoms. The van der Waals surface area contributed by atoms with Gasteiger partial charge in [-0.25, -0.2) is 4.79 Å². The summed E-state index contributed by atoms with van der Waals surface area (Å²) in [4.78, 5) is 23.4. The maximum atomic E-state index is 12.3. The minimum atomic E-state index is -1.10. The van der Waals surface area contributed by atoms with Gasteiger partial charge in [0.25, 0.3) is 0 Å². The van der Waals surface area contributed by atoms with E-state index in [0.29, 0.717) is 17.5 Å². The van der Waals surface area contributed by atoms with Crippen molar-refractivity contribution in [1.29, 1.82) is 0 Å². The molecule has 0 atom stereocenters. The Bertz CT molecular complexity index is 1040. The number of carboxylic acid groups (broad SMARTS) is 1. The van der Waals surface area contributed by atoms with Gasteiger partial charge in [0, 0.05) is 6.54 Å². The van der Waals surface area contributed by atoms with Crippen molar-refractivity contribution in [3.8, 4) is 5.75 Å². The van der Waals surface area contributed by atoms with Crippen molar-refractivity contribution in [2.24, 2.45) is 0 Å². The minimum absolute atomic E-state index is 0.0381. The fourth-order valence-electron chi connectivity index (χ4n) is 2.59. The molecule has 10 heteroatoms. The topological polar surface area (TPSA) is 106 Å². The summed E-state index contributed by atoms with van der Waals surface area (Å²) in [6.07, 6.45) is 0. The third-order valence-electron chi connectivity index (χ3n) is 4.04. The molecule has 0 bridgehead atoms. The van der Waals surface area contributed by atoms with Crippen LogP contribution in [0.25, 0.3) is 0 Å². The van der Waals surface area contributed by atoms with Crippen molar-refractivity contribution < 1.29 is 19.4 Å². The number of aromatic nitrogens is 3. The number of hydrogen-bond donors (Lipinski definition) is 2. The van der Waals surface area contributed by atoms with Gasteiger partial charge >= 0.3 is 5.97 Å². The molecule has 0 radical (unpaired) electrons. The van der Waals surface area contributed by atoms with E-state index in [9.17, 15) is 9.59 Å². The normalized spacial score (nSPS) is 10.6. The zero-order chi connectivity index (χ0) is 21.5. The number of carboxylic acids is 1. The number of nitrogens with one attached hydrogen (secondary N) is 1. The van der Waals surface area contributed by atoms with Gasteiger partial charge < -0.3 is 19.7 Å². The lowest BCUT2D eigenvalue weighted by Gasteiger charge is -2.10. The Balaban J connectivity index is 1.60. The van der Waals surface area contributed by atoms with E-state index in [1.807, 2.05) is 41.8 Å². The van der Waals surface area contributed by atoms with Gasteiger partial charge in [-0.15, -0.1) is 10.2 Å². The van der Waals surface area contributed by atoms with Crippen LogP contribution >= 0.6 is 23.4 Å². The second-order valence-electron chi connectivity index (χ2n) is 6.08. The van der Waals surface area contributed by atoms with E-state index in [-0.39, 0.29) is 34.5 Å².